The average Bonchev–Trinajstić information content (AvgIpc) is 2.47. The Morgan fingerprint density at radius 3 is 2.75 bits per heavy atom. The van der Waals surface area contributed by atoms with E-state index in [0.717, 1.165) is 5.82 Å². The smallest absolute Gasteiger partial charge is 0.153 e. The summed E-state index contributed by atoms with van der Waals surface area (Å²) in [7, 11) is 4.09. The maximum absolute atomic E-state index is 4.30. The summed E-state index contributed by atoms with van der Waals surface area (Å²) < 4.78 is 0. The Hall–Kier alpha value is -0.990. The van der Waals surface area contributed by atoms with Gasteiger partial charge in [0.25, 0.3) is 0 Å². The van der Waals surface area contributed by atoms with Crippen LogP contribution >= 0.6 is 0 Å². The maximum Gasteiger partial charge on any atom is 0.153 e. The molecular weight excluding hydrogens is 150 g/mol. The van der Waals surface area contributed by atoms with Crippen LogP contribution in [0.25, 0.3) is 0 Å². The van der Waals surface area contributed by atoms with Gasteiger partial charge in [-0.3, -0.25) is 5.10 Å². The minimum atomic E-state index is 1.13. The molecule has 1 aromatic rings. The van der Waals surface area contributed by atoms with Crippen molar-refractivity contribution in [1.82, 2.24) is 10.2 Å². The van der Waals surface area contributed by atoms with Crippen LogP contribution in [0.5, 0.6) is 0 Å². The fourth-order valence-electron chi connectivity index (χ4n) is 1.83. The molecule has 1 N–H and O–H groups in total. The van der Waals surface area contributed by atoms with Crippen molar-refractivity contribution < 1.29 is 0 Å². The fraction of sp³-hybridized carbons (Fsp3) is 0.667. The number of nitrogens with one attached hydrogen (secondary N) is 1. The summed E-state index contributed by atoms with van der Waals surface area (Å²) in [4.78, 5) is 2.08. The van der Waals surface area contributed by atoms with Crippen molar-refractivity contribution in [1.29, 1.82) is 0 Å². The maximum atomic E-state index is 4.30. The number of H-pyrrole nitrogens is 1. The first-order chi connectivity index (χ1) is 5.79. The normalized spacial score (nSPS) is 15.8. The van der Waals surface area contributed by atoms with Crippen LogP contribution in [0, 0.1) is 0 Å². The van der Waals surface area contributed by atoms with Crippen LogP contribution in [0.3, 0.4) is 0 Å². The van der Waals surface area contributed by atoms with E-state index >= 15 is 0 Å². The predicted molar refractivity (Wildman–Crippen MR) is 49.6 cm³/mol. The zero-order valence-electron chi connectivity index (χ0n) is 7.72. The molecule has 1 heterocycles. The molecule has 0 bridgehead atoms. The zero-order valence-corrected chi connectivity index (χ0v) is 7.72. The zero-order chi connectivity index (χ0) is 8.55. The molecule has 1 aliphatic carbocycles. The number of hydrogen-bond donors (Lipinski definition) is 1. The molecule has 0 fully saturated rings. The number of fused-ring (bicyclic) bond motifs is 1. The Labute approximate surface area is 72.8 Å². The third-order valence-corrected chi connectivity index (χ3v) is 2.46. The third-order valence-electron chi connectivity index (χ3n) is 2.46. The molecule has 0 saturated heterocycles. The molecule has 0 radical (unpaired) electrons. The summed E-state index contributed by atoms with van der Waals surface area (Å²) in [5.74, 6) is 1.13. The van der Waals surface area contributed by atoms with Gasteiger partial charge in [-0.2, -0.15) is 5.10 Å². The molecule has 0 spiro atoms. The number of anilines is 1. The molecule has 3 heteroatoms. The lowest BCUT2D eigenvalue weighted by molar-refractivity contribution is 0.674. The summed E-state index contributed by atoms with van der Waals surface area (Å²) in [5, 5.41) is 7.41. The molecule has 0 aliphatic heterocycles. The van der Waals surface area contributed by atoms with Crippen LogP contribution in [-0.2, 0) is 12.8 Å². The van der Waals surface area contributed by atoms with Gasteiger partial charge < -0.3 is 4.90 Å². The van der Waals surface area contributed by atoms with E-state index < -0.39 is 0 Å². The third kappa shape index (κ3) is 1.09. The molecule has 0 aromatic carbocycles. The van der Waals surface area contributed by atoms with Crippen molar-refractivity contribution in [3.63, 3.8) is 0 Å². The SMILES string of the molecule is CN(C)c1n[nH]c2c1CCCC2. The number of aromatic nitrogens is 2. The van der Waals surface area contributed by atoms with Gasteiger partial charge in [0.15, 0.2) is 5.82 Å². The highest BCUT2D eigenvalue weighted by atomic mass is 15.2. The van der Waals surface area contributed by atoms with E-state index in [4.69, 9.17) is 0 Å². The average molecular weight is 165 g/mol. The van der Waals surface area contributed by atoms with Crippen LogP contribution < -0.4 is 4.90 Å². The van der Waals surface area contributed by atoms with Crippen LogP contribution in [0.15, 0.2) is 0 Å². The monoisotopic (exact) mass is 165 g/mol. The molecule has 12 heavy (non-hydrogen) atoms. The number of aryl methyl sites for hydroxylation is 1. The second-order valence-electron chi connectivity index (χ2n) is 3.61. The largest absolute Gasteiger partial charge is 0.361 e. The van der Waals surface area contributed by atoms with Crippen LogP contribution in [0.2, 0.25) is 0 Å². The van der Waals surface area contributed by atoms with Crippen molar-refractivity contribution >= 4 is 5.82 Å². The first-order valence-electron chi connectivity index (χ1n) is 4.52. The molecule has 0 atom stereocenters. The second-order valence-corrected chi connectivity index (χ2v) is 3.61. The lowest BCUT2D eigenvalue weighted by Crippen LogP contribution is -2.12. The highest BCUT2D eigenvalue weighted by Gasteiger charge is 2.17. The van der Waals surface area contributed by atoms with E-state index in [9.17, 15) is 0 Å². The first-order valence-corrected chi connectivity index (χ1v) is 4.52. The fourth-order valence-corrected chi connectivity index (χ4v) is 1.83. The topological polar surface area (TPSA) is 31.9 Å². The standard InChI is InChI=1S/C9H15N3/c1-12(2)9-7-5-3-4-6-8(7)10-11-9/h3-6H2,1-2H3,(H,10,11). The summed E-state index contributed by atoms with van der Waals surface area (Å²) in [5.41, 5.74) is 2.79. The highest BCUT2D eigenvalue weighted by molar-refractivity contribution is 5.48. The molecule has 3 nitrogen and oxygen atoms in total. The molecule has 1 aliphatic rings. The van der Waals surface area contributed by atoms with E-state index in [1.807, 2.05) is 14.1 Å². The van der Waals surface area contributed by atoms with E-state index in [0.29, 0.717) is 0 Å². The van der Waals surface area contributed by atoms with E-state index in [1.165, 1.54) is 36.9 Å². The van der Waals surface area contributed by atoms with E-state index in [1.54, 1.807) is 0 Å². The molecule has 0 unspecified atom stereocenters. The Balaban J connectivity index is 2.38. The summed E-state index contributed by atoms with van der Waals surface area (Å²) >= 11 is 0. The van der Waals surface area contributed by atoms with Crippen LogP contribution in [0.1, 0.15) is 24.1 Å². The van der Waals surface area contributed by atoms with Gasteiger partial charge in [-0.15, -0.1) is 0 Å². The van der Waals surface area contributed by atoms with E-state index in [2.05, 4.69) is 15.1 Å². The summed E-state index contributed by atoms with van der Waals surface area (Å²) in [6, 6.07) is 0. The Morgan fingerprint density at radius 1 is 1.25 bits per heavy atom. The van der Waals surface area contributed by atoms with Gasteiger partial charge in [0, 0.05) is 25.4 Å². The summed E-state index contributed by atoms with van der Waals surface area (Å²) in [6.07, 6.45) is 4.99. The highest BCUT2D eigenvalue weighted by Crippen LogP contribution is 2.26. The van der Waals surface area contributed by atoms with Gasteiger partial charge in [0.2, 0.25) is 0 Å². The molecule has 2 rings (SSSR count). The number of hydrogen-bond acceptors (Lipinski definition) is 2. The molecular formula is C9H15N3. The quantitative estimate of drug-likeness (QED) is 0.681. The van der Waals surface area contributed by atoms with Crippen molar-refractivity contribution in [3.05, 3.63) is 11.3 Å². The number of aromatic amines is 1. The van der Waals surface area contributed by atoms with Gasteiger partial charge in [0.05, 0.1) is 0 Å². The second kappa shape index (κ2) is 2.81. The predicted octanol–water partition coefficient (Wildman–Crippen LogP) is 1.35. The minimum absolute atomic E-state index is 1.13. The molecule has 0 saturated carbocycles. The summed E-state index contributed by atoms with van der Waals surface area (Å²) in [6.45, 7) is 0. The molecule has 1 aromatic heterocycles. The number of rotatable bonds is 1. The van der Waals surface area contributed by atoms with Crippen molar-refractivity contribution in [3.8, 4) is 0 Å². The minimum Gasteiger partial charge on any atom is -0.361 e. The van der Waals surface area contributed by atoms with Crippen molar-refractivity contribution in [2.45, 2.75) is 25.7 Å². The Kier molecular flexibility index (Phi) is 1.79. The lowest BCUT2D eigenvalue weighted by atomic mass is 9.97. The van der Waals surface area contributed by atoms with Gasteiger partial charge >= 0.3 is 0 Å². The molecule has 66 valence electrons. The van der Waals surface area contributed by atoms with Crippen molar-refractivity contribution in [2.75, 3.05) is 19.0 Å². The lowest BCUT2D eigenvalue weighted by Gasteiger charge is -2.14. The van der Waals surface area contributed by atoms with Gasteiger partial charge in [0.1, 0.15) is 0 Å². The van der Waals surface area contributed by atoms with Gasteiger partial charge in [-0.05, 0) is 25.7 Å². The van der Waals surface area contributed by atoms with Crippen LogP contribution in [0.4, 0.5) is 5.82 Å². The number of nitrogens with zero attached hydrogens (tertiary/aromatic N) is 2. The molecule has 0 amide bonds. The Bertz CT molecular complexity index is 275. The Morgan fingerprint density at radius 2 is 2.00 bits per heavy atom. The van der Waals surface area contributed by atoms with Gasteiger partial charge in [-0.1, -0.05) is 0 Å². The van der Waals surface area contributed by atoms with Crippen LogP contribution in [-0.4, -0.2) is 24.3 Å². The van der Waals surface area contributed by atoms with Gasteiger partial charge in [-0.25, -0.2) is 0 Å². The van der Waals surface area contributed by atoms with Crippen molar-refractivity contribution in [2.24, 2.45) is 0 Å². The first kappa shape index (κ1) is 7.65. The van der Waals surface area contributed by atoms with E-state index in [-0.39, 0.29) is 0 Å².